The fraction of sp³-hybridized carbons (Fsp3) is 0.0476. The van der Waals surface area contributed by atoms with E-state index in [-0.39, 0.29) is 18.2 Å². The average molecular weight is 397 g/mol. The van der Waals surface area contributed by atoms with Gasteiger partial charge in [0, 0.05) is 26.5 Å². The fourth-order valence-electron chi connectivity index (χ4n) is 2.46. The first-order valence-corrected chi connectivity index (χ1v) is 9.41. The summed E-state index contributed by atoms with van der Waals surface area (Å²) < 4.78 is 0. The van der Waals surface area contributed by atoms with Gasteiger partial charge in [-0.05, 0) is 53.6 Å². The molecule has 0 aliphatic carbocycles. The highest BCUT2D eigenvalue weighted by Crippen LogP contribution is 2.29. The molecule has 2 amide bonds. The first-order chi connectivity index (χ1) is 13.0. The van der Waals surface area contributed by atoms with E-state index in [4.69, 9.17) is 17.3 Å². The van der Waals surface area contributed by atoms with Gasteiger partial charge in [-0.3, -0.25) is 9.59 Å². The van der Waals surface area contributed by atoms with Crippen molar-refractivity contribution in [2.24, 2.45) is 5.73 Å². The third-order valence-corrected chi connectivity index (χ3v) is 5.11. The summed E-state index contributed by atoms with van der Waals surface area (Å²) in [7, 11) is 0. The number of hydrogen-bond acceptors (Lipinski definition) is 3. The summed E-state index contributed by atoms with van der Waals surface area (Å²) in [5.74, 6) is -0.609. The quantitative estimate of drug-likeness (QED) is 0.590. The topological polar surface area (TPSA) is 72.2 Å². The Hall–Kier alpha value is -2.89. The van der Waals surface area contributed by atoms with E-state index < -0.39 is 0 Å². The van der Waals surface area contributed by atoms with Crippen LogP contribution in [0.15, 0.2) is 66.7 Å². The number of nitrogens with one attached hydrogen (secondary N) is 1. The molecule has 0 saturated heterocycles. The van der Waals surface area contributed by atoms with Crippen molar-refractivity contribution in [3.63, 3.8) is 0 Å². The minimum Gasteiger partial charge on any atom is -0.369 e. The number of hydrogen-bond donors (Lipinski definition) is 2. The van der Waals surface area contributed by atoms with E-state index >= 15 is 0 Å². The van der Waals surface area contributed by atoms with E-state index in [0.29, 0.717) is 10.7 Å². The predicted molar refractivity (Wildman–Crippen MR) is 112 cm³/mol. The molecule has 27 heavy (non-hydrogen) atoms. The van der Waals surface area contributed by atoms with Crippen LogP contribution < -0.4 is 11.1 Å². The predicted octanol–water partition coefficient (Wildman–Crippen LogP) is 4.75. The molecule has 1 heterocycles. The Morgan fingerprint density at radius 2 is 1.70 bits per heavy atom. The van der Waals surface area contributed by atoms with E-state index in [1.807, 2.05) is 36.4 Å². The number of thiophene rings is 1. The van der Waals surface area contributed by atoms with Crippen molar-refractivity contribution in [3.05, 3.63) is 82.2 Å². The molecule has 3 aromatic rings. The van der Waals surface area contributed by atoms with Crippen LogP contribution in [0.2, 0.25) is 5.02 Å². The molecule has 3 N–H and O–H groups in total. The number of carbonyl (C=O) groups excluding carboxylic acids is 2. The number of benzene rings is 2. The number of nitrogens with two attached hydrogens (primary N) is 1. The van der Waals surface area contributed by atoms with Crippen LogP contribution in [0, 0.1) is 0 Å². The summed E-state index contributed by atoms with van der Waals surface area (Å²) in [5, 5.41) is 3.49. The second kappa shape index (κ2) is 8.66. The summed E-state index contributed by atoms with van der Waals surface area (Å²) in [5.41, 5.74) is 7.72. The third-order valence-electron chi connectivity index (χ3n) is 3.75. The molecule has 0 fully saturated rings. The second-order valence-corrected chi connectivity index (χ2v) is 7.42. The van der Waals surface area contributed by atoms with Crippen molar-refractivity contribution in [3.8, 4) is 10.4 Å². The largest absolute Gasteiger partial charge is 0.369 e. The Morgan fingerprint density at radius 1 is 1.00 bits per heavy atom. The monoisotopic (exact) mass is 396 g/mol. The lowest BCUT2D eigenvalue weighted by Gasteiger charge is -2.03. The van der Waals surface area contributed by atoms with Crippen LogP contribution in [0.25, 0.3) is 16.5 Å². The van der Waals surface area contributed by atoms with Gasteiger partial charge in [-0.15, -0.1) is 11.3 Å². The molecule has 0 bridgehead atoms. The van der Waals surface area contributed by atoms with Gasteiger partial charge in [-0.25, -0.2) is 0 Å². The Morgan fingerprint density at radius 3 is 2.37 bits per heavy atom. The van der Waals surface area contributed by atoms with Gasteiger partial charge in [0.1, 0.15) is 0 Å². The van der Waals surface area contributed by atoms with E-state index in [0.717, 1.165) is 20.9 Å². The highest BCUT2D eigenvalue weighted by molar-refractivity contribution is 7.16. The maximum Gasteiger partial charge on any atom is 0.248 e. The molecule has 1 aromatic heterocycles. The van der Waals surface area contributed by atoms with Crippen LogP contribution in [0.3, 0.4) is 0 Å². The molecule has 0 unspecified atom stereocenters. The Labute approximate surface area is 166 Å². The molecular formula is C21H17ClN2O2S. The van der Waals surface area contributed by atoms with Crippen molar-refractivity contribution in [2.75, 3.05) is 5.32 Å². The molecule has 0 saturated carbocycles. The average Bonchev–Trinajstić information content (AvgIpc) is 3.11. The highest BCUT2D eigenvalue weighted by atomic mass is 35.5. The lowest BCUT2D eigenvalue weighted by Crippen LogP contribution is -2.13. The zero-order valence-electron chi connectivity index (χ0n) is 14.3. The fourth-order valence-corrected chi connectivity index (χ4v) is 3.50. The zero-order valence-corrected chi connectivity index (χ0v) is 15.9. The van der Waals surface area contributed by atoms with Gasteiger partial charge in [0.25, 0.3) is 0 Å². The second-order valence-electron chi connectivity index (χ2n) is 5.87. The number of rotatable bonds is 6. The third kappa shape index (κ3) is 5.54. The first-order valence-electron chi connectivity index (χ1n) is 8.22. The van der Waals surface area contributed by atoms with Crippen molar-refractivity contribution in [2.45, 2.75) is 6.42 Å². The maximum absolute atomic E-state index is 12.1. The summed E-state index contributed by atoms with van der Waals surface area (Å²) in [6.07, 6.45) is 3.46. The molecule has 136 valence electrons. The molecule has 6 heteroatoms. The molecule has 0 spiro atoms. The Kier molecular flexibility index (Phi) is 6.06. The number of carbonyl (C=O) groups is 2. The minimum absolute atomic E-state index is 0.183. The smallest absolute Gasteiger partial charge is 0.248 e. The molecule has 0 radical (unpaired) electrons. The lowest BCUT2D eigenvalue weighted by molar-refractivity contribution is -0.117. The molecular weight excluding hydrogens is 380 g/mol. The van der Waals surface area contributed by atoms with Gasteiger partial charge in [0.05, 0.1) is 6.42 Å². The van der Waals surface area contributed by atoms with Crippen molar-refractivity contribution < 1.29 is 9.59 Å². The first kappa shape index (κ1) is 18.9. The molecule has 0 atom stereocenters. The summed E-state index contributed by atoms with van der Waals surface area (Å²) in [6.45, 7) is 0. The van der Waals surface area contributed by atoms with Crippen LogP contribution in [-0.2, 0) is 16.0 Å². The highest BCUT2D eigenvalue weighted by Gasteiger charge is 2.03. The number of primary amides is 1. The number of amides is 2. The van der Waals surface area contributed by atoms with Gasteiger partial charge < -0.3 is 11.1 Å². The summed E-state index contributed by atoms with van der Waals surface area (Å²) in [4.78, 5) is 25.1. The van der Waals surface area contributed by atoms with Gasteiger partial charge in [0.15, 0.2) is 0 Å². The van der Waals surface area contributed by atoms with Gasteiger partial charge in [-0.1, -0.05) is 35.9 Å². The van der Waals surface area contributed by atoms with Crippen LogP contribution in [0.1, 0.15) is 10.4 Å². The van der Waals surface area contributed by atoms with Crippen LogP contribution in [0.4, 0.5) is 5.69 Å². The van der Waals surface area contributed by atoms with Crippen molar-refractivity contribution >= 4 is 46.5 Å². The standard InChI is InChI=1S/C21H17ClN2O2S/c22-16-5-3-15(4-6-16)19-11-9-18(27-19)10-12-21(26)24-17-7-1-14(2-8-17)13-20(23)25/h1-12H,13H2,(H2,23,25)(H,24,26)/b12-10+. The van der Waals surface area contributed by atoms with E-state index in [1.165, 1.54) is 6.08 Å². The van der Waals surface area contributed by atoms with Crippen LogP contribution >= 0.6 is 22.9 Å². The van der Waals surface area contributed by atoms with Crippen LogP contribution in [0.5, 0.6) is 0 Å². The zero-order chi connectivity index (χ0) is 19.2. The van der Waals surface area contributed by atoms with Gasteiger partial charge in [-0.2, -0.15) is 0 Å². The molecule has 4 nitrogen and oxygen atoms in total. The van der Waals surface area contributed by atoms with Crippen molar-refractivity contribution in [1.82, 2.24) is 0 Å². The normalized spacial score (nSPS) is 10.9. The number of anilines is 1. The molecule has 3 rings (SSSR count). The summed E-state index contributed by atoms with van der Waals surface area (Å²) in [6, 6.07) is 18.7. The molecule has 0 aliphatic heterocycles. The summed E-state index contributed by atoms with van der Waals surface area (Å²) >= 11 is 7.51. The molecule has 2 aromatic carbocycles. The van der Waals surface area contributed by atoms with E-state index in [2.05, 4.69) is 5.32 Å². The van der Waals surface area contributed by atoms with E-state index in [9.17, 15) is 9.59 Å². The van der Waals surface area contributed by atoms with Gasteiger partial charge >= 0.3 is 0 Å². The van der Waals surface area contributed by atoms with Crippen molar-refractivity contribution in [1.29, 1.82) is 0 Å². The van der Waals surface area contributed by atoms with Crippen LogP contribution in [-0.4, -0.2) is 11.8 Å². The lowest BCUT2D eigenvalue weighted by atomic mass is 10.1. The Bertz CT molecular complexity index is 976. The maximum atomic E-state index is 12.1. The SMILES string of the molecule is NC(=O)Cc1ccc(NC(=O)/C=C/c2ccc(-c3ccc(Cl)cc3)s2)cc1. The molecule has 0 aliphatic rings. The van der Waals surface area contributed by atoms with Gasteiger partial charge in [0.2, 0.25) is 11.8 Å². The minimum atomic E-state index is -0.386. The number of halogens is 1. The Balaban J connectivity index is 1.60. The van der Waals surface area contributed by atoms with E-state index in [1.54, 1.807) is 41.7 Å².